The molecule has 0 aliphatic rings. The molecule has 3 N–H and O–H groups in total. The van der Waals surface area contributed by atoms with E-state index in [0.29, 0.717) is 6.54 Å². The Labute approximate surface area is 71.0 Å². The summed E-state index contributed by atoms with van der Waals surface area (Å²) in [4.78, 5) is 4.44. The van der Waals surface area contributed by atoms with Crippen molar-refractivity contribution in [2.75, 3.05) is 0 Å². The average molecular weight is 165 g/mol. The predicted molar refractivity (Wildman–Crippen MR) is 46.3 cm³/mol. The molecule has 0 fully saturated rings. The van der Waals surface area contributed by atoms with E-state index in [9.17, 15) is 0 Å². The second kappa shape index (κ2) is 5.29. The molecule has 0 bridgehead atoms. The van der Waals surface area contributed by atoms with Crippen LogP contribution in [0.1, 0.15) is 5.56 Å². The summed E-state index contributed by atoms with van der Waals surface area (Å²) < 4.78 is 0. The van der Waals surface area contributed by atoms with Crippen LogP contribution < -0.4 is 11.0 Å². The highest BCUT2D eigenvalue weighted by molar-refractivity contribution is 5.40. The van der Waals surface area contributed by atoms with E-state index in [1.807, 2.05) is 30.3 Å². The van der Waals surface area contributed by atoms with Crippen LogP contribution in [0.25, 0.3) is 0 Å². The molecule has 0 radical (unpaired) electrons. The van der Waals surface area contributed by atoms with E-state index in [-0.39, 0.29) is 0 Å². The molecule has 0 saturated carbocycles. The minimum Gasteiger partial charge on any atom is -0.382 e. The van der Waals surface area contributed by atoms with Crippen molar-refractivity contribution in [3.63, 3.8) is 0 Å². The summed E-state index contributed by atoms with van der Waals surface area (Å²) in [5.41, 5.74) is 6.32. The molecule has 0 spiro atoms. The summed E-state index contributed by atoms with van der Waals surface area (Å²) in [5.74, 6) is 0. The fraction of sp³-hybridized carbons (Fsp3) is 0.125. The average Bonchev–Trinajstić information content (AvgIpc) is 2.14. The van der Waals surface area contributed by atoms with Crippen molar-refractivity contribution in [2.45, 2.75) is 6.54 Å². The fourth-order valence-electron chi connectivity index (χ4n) is 0.805. The molecule has 0 aliphatic carbocycles. The van der Waals surface area contributed by atoms with Gasteiger partial charge in [-0.1, -0.05) is 35.9 Å². The zero-order valence-electron chi connectivity index (χ0n) is 6.58. The highest BCUT2D eigenvalue weighted by Gasteiger charge is 1.87. The maximum atomic E-state index is 6.54. The van der Waals surface area contributed by atoms with Crippen LogP contribution in [0.2, 0.25) is 0 Å². The lowest BCUT2D eigenvalue weighted by atomic mass is 10.2. The SMILES string of the molecule is N=CONNCc1ccccc1. The Bertz CT molecular complexity index is 225. The minimum absolute atomic E-state index is 0.661. The largest absolute Gasteiger partial charge is 0.382 e. The topological polar surface area (TPSA) is 57.1 Å². The number of nitrogens with one attached hydrogen (secondary N) is 3. The summed E-state index contributed by atoms with van der Waals surface area (Å²) in [6.07, 6.45) is 0.817. The maximum absolute atomic E-state index is 6.54. The summed E-state index contributed by atoms with van der Waals surface area (Å²) in [6, 6.07) is 9.89. The first kappa shape index (κ1) is 8.70. The van der Waals surface area contributed by atoms with Crippen molar-refractivity contribution >= 4 is 6.40 Å². The van der Waals surface area contributed by atoms with Crippen molar-refractivity contribution in [2.24, 2.45) is 0 Å². The Balaban J connectivity index is 2.20. The molecule has 4 nitrogen and oxygen atoms in total. The van der Waals surface area contributed by atoms with Crippen LogP contribution in [-0.4, -0.2) is 6.40 Å². The van der Waals surface area contributed by atoms with Gasteiger partial charge in [0.25, 0.3) is 0 Å². The van der Waals surface area contributed by atoms with E-state index < -0.39 is 0 Å². The Morgan fingerprint density at radius 1 is 1.33 bits per heavy atom. The maximum Gasteiger partial charge on any atom is 0.195 e. The van der Waals surface area contributed by atoms with Crippen LogP contribution in [-0.2, 0) is 11.4 Å². The van der Waals surface area contributed by atoms with Crippen LogP contribution in [0, 0.1) is 5.41 Å². The van der Waals surface area contributed by atoms with Gasteiger partial charge in [0.2, 0.25) is 0 Å². The molecule has 0 aliphatic heterocycles. The predicted octanol–water partition coefficient (Wildman–Crippen LogP) is 0.819. The van der Waals surface area contributed by atoms with Crippen molar-refractivity contribution in [1.82, 2.24) is 11.0 Å². The first-order chi connectivity index (χ1) is 5.93. The van der Waals surface area contributed by atoms with Crippen LogP contribution in [0.15, 0.2) is 30.3 Å². The van der Waals surface area contributed by atoms with E-state index in [1.165, 1.54) is 0 Å². The zero-order valence-corrected chi connectivity index (χ0v) is 6.58. The quantitative estimate of drug-likeness (QED) is 0.262. The fourth-order valence-corrected chi connectivity index (χ4v) is 0.805. The number of benzene rings is 1. The number of rotatable bonds is 5. The Morgan fingerprint density at radius 2 is 2.08 bits per heavy atom. The highest BCUT2D eigenvalue weighted by atomic mass is 16.7. The Kier molecular flexibility index (Phi) is 3.83. The number of hydrazine groups is 1. The minimum atomic E-state index is 0.661. The third kappa shape index (κ3) is 3.14. The molecular weight excluding hydrogens is 154 g/mol. The molecule has 4 heteroatoms. The lowest BCUT2D eigenvalue weighted by molar-refractivity contribution is 0.142. The lowest BCUT2D eigenvalue weighted by Gasteiger charge is -2.03. The molecule has 0 atom stereocenters. The summed E-state index contributed by atoms with van der Waals surface area (Å²) in [7, 11) is 0. The molecule has 0 unspecified atom stereocenters. The van der Waals surface area contributed by atoms with Gasteiger partial charge >= 0.3 is 0 Å². The molecule has 64 valence electrons. The Hall–Kier alpha value is -1.39. The molecule has 0 heterocycles. The van der Waals surface area contributed by atoms with Gasteiger partial charge in [0.15, 0.2) is 6.40 Å². The van der Waals surface area contributed by atoms with Gasteiger partial charge in [-0.05, 0) is 5.56 Å². The van der Waals surface area contributed by atoms with Crippen molar-refractivity contribution in [3.05, 3.63) is 35.9 Å². The normalized spacial score (nSPS) is 9.33. The molecule has 1 rings (SSSR count). The molecule has 0 amide bonds. The monoisotopic (exact) mass is 165 g/mol. The van der Waals surface area contributed by atoms with E-state index in [4.69, 9.17) is 5.41 Å². The van der Waals surface area contributed by atoms with E-state index in [0.717, 1.165) is 12.0 Å². The smallest absolute Gasteiger partial charge is 0.195 e. The molecule has 1 aromatic rings. The third-order valence-electron chi connectivity index (χ3n) is 1.33. The lowest BCUT2D eigenvalue weighted by Crippen LogP contribution is -2.30. The van der Waals surface area contributed by atoms with Crippen molar-refractivity contribution in [1.29, 1.82) is 5.41 Å². The van der Waals surface area contributed by atoms with Gasteiger partial charge in [0.05, 0.1) is 0 Å². The van der Waals surface area contributed by atoms with Gasteiger partial charge in [-0.2, -0.15) is 0 Å². The summed E-state index contributed by atoms with van der Waals surface area (Å²) >= 11 is 0. The van der Waals surface area contributed by atoms with E-state index in [2.05, 4.69) is 15.9 Å². The number of hydrogen-bond donors (Lipinski definition) is 3. The standard InChI is InChI=1S/C8H11N3O/c9-7-12-11-10-6-8-4-2-1-3-5-8/h1-5,7,9-11H,6H2. The van der Waals surface area contributed by atoms with Crippen molar-refractivity contribution < 1.29 is 4.84 Å². The van der Waals surface area contributed by atoms with Gasteiger partial charge in [-0.25, -0.2) is 5.43 Å². The molecule has 12 heavy (non-hydrogen) atoms. The second-order valence-corrected chi connectivity index (χ2v) is 2.18. The van der Waals surface area contributed by atoms with Crippen LogP contribution in [0.5, 0.6) is 0 Å². The van der Waals surface area contributed by atoms with Crippen LogP contribution >= 0.6 is 0 Å². The third-order valence-corrected chi connectivity index (χ3v) is 1.33. The Morgan fingerprint density at radius 3 is 2.75 bits per heavy atom. The van der Waals surface area contributed by atoms with E-state index in [1.54, 1.807) is 0 Å². The second-order valence-electron chi connectivity index (χ2n) is 2.18. The van der Waals surface area contributed by atoms with Gasteiger partial charge in [0.1, 0.15) is 0 Å². The zero-order chi connectivity index (χ0) is 8.65. The highest BCUT2D eigenvalue weighted by Crippen LogP contribution is 1.95. The first-order valence-electron chi connectivity index (χ1n) is 3.60. The first-order valence-corrected chi connectivity index (χ1v) is 3.60. The molecule has 0 aromatic heterocycles. The van der Waals surface area contributed by atoms with Crippen molar-refractivity contribution in [3.8, 4) is 0 Å². The molecular formula is C8H11N3O. The van der Waals surface area contributed by atoms with Gasteiger partial charge in [0, 0.05) is 6.54 Å². The van der Waals surface area contributed by atoms with Crippen LogP contribution in [0.4, 0.5) is 0 Å². The summed E-state index contributed by atoms with van der Waals surface area (Å²) in [5, 5.41) is 6.54. The van der Waals surface area contributed by atoms with Gasteiger partial charge in [-0.3, -0.25) is 5.41 Å². The number of hydrogen-bond acceptors (Lipinski definition) is 4. The molecule has 1 aromatic carbocycles. The van der Waals surface area contributed by atoms with Crippen LogP contribution in [0.3, 0.4) is 0 Å². The van der Waals surface area contributed by atoms with Gasteiger partial charge < -0.3 is 4.84 Å². The van der Waals surface area contributed by atoms with E-state index >= 15 is 0 Å². The summed E-state index contributed by atoms with van der Waals surface area (Å²) in [6.45, 7) is 0.661. The van der Waals surface area contributed by atoms with Gasteiger partial charge in [-0.15, -0.1) is 0 Å². The molecule has 0 saturated heterocycles.